The van der Waals surface area contributed by atoms with Crippen LogP contribution in [0.2, 0.25) is 0 Å². The topological polar surface area (TPSA) is 88.1 Å². The number of rotatable bonds is 5. The monoisotopic (exact) mass is 435 g/mol. The molecule has 0 spiro atoms. The Bertz CT molecular complexity index is 1090. The lowest BCUT2D eigenvalue weighted by atomic mass is 9.87. The number of aryl methyl sites for hydroxylation is 2. The number of carboxylic acids is 1. The molecule has 0 radical (unpaired) electrons. The molecule has 3 aromatic rings. The molecule has 1 aromatic carbocycles. The highest BCUT2D eigenvalue weighted by Gasteiger charge is 2.27. The molecule has 32 heavy (non-hydrogen) atoms. The second kappa shape index (κ2) is 8.73. The molecule has 0 amide bonds. The summed E-state index contributed by atoms with van der Waals surface area (Å²) in [5.74, 6) is -0.208. The van der Waals surface area contributed by atoms with Crippen molar-refractivity contribution < 1.29 is 19.0 Å². The number of hydrogen-bond donors (Lipinski definition) is 2. The maximum Gasteiger partial charge on any atom is 0.306 e. The summed E-state index contributed by atoms with van der Waals surface area (Å²) in [5, 5.41) is 9.11. The van der Waals surface area contributed by atoms with Crippen LogP contribution in [0.4, 0.5) is 4.39 Å². The summed E-state index contributed by atoms with van der Waals surface area (Å²) in [6, 6.07) is 8.81. The number of aromatic nitrogens is 3. The van der Waals surface area contributed by atoms with Crippen LogP contribution in [0.3, 0.4) is 0 Å². The molecule has 2 N–H and O–H groups in total. The van der Waals surface area contributed by atoms with Gasteiger partial charge >= 0.3 is 5.97 Å². The van der Waals surface area contributed by atoms with Gasteiger partial charge in [-0.2, -0.15) is 0 Å². The van der Waals surface area contributed by atoms with Gasteiger partial charge in [0.25, 0.3) is 0 Å². The Hall–Kier alpha value is -3.22. The van der Waals surface area contributed by atoms with E-state index in [0.717, 1.165) is 48.2 Å². The summed E-state index contributed by atoms with van der Waals surface area (Å²) < 4.78 is 20.8. The van der Waals surface area contributed by atoms with Crippen LogP contribution in [0.1, 0.15) is 49.9 Å². The van der Waals surface area contributed by atoms with Crippen LogP contribution in [0.25, 0.3) is 22.5 Å². The number of nitrogens with zero attached hydrogens (tertiary/aromatic N) is 2. The van der Waals surface area contributed by atoms with Gasteiger partial charge in [0.05, 0.1) is 17.2 Å². The van der Waals surface area contributed by atoms with Crippen molar-refractivity contribution in [1.29, 1.82) is 0 Å². The van der Waals surface area contributed by atoms with Crippen molar-refractivity contribution in [3.8, 4) is 28.4 Å². The Balaban J connectivity index is 1.27. The van der Waals surface area contributed by atoms with Gasteiger partial charge in [0.2, 0.25) is 5.88 Å². The minimum atomic E-state index is -0.726. The number of ether oxygens (including phenoxy) is 1. The molecule has 0 bridgehead atoms. The molecule has 2 aliphatic carbocycles. The van der Waals surface area contributed by atoms with Gasteiger partial charge in [0.1, 0.15) is 17.7 Å². The maximum atomic E-state index is 14.9. The number of imidazole rings is 1. The fourth-order valence-corrected chi connectivity index (χ4v) is 4.69. The number of aromatic amines is 1. The fourth-order valence-electron chi connectivity index (χ4n) is 4.69. The van der Waals surface area contributed by atoms with E-state index in [9.17, 15) is 9.18 Å². The number of benzene rings is 1. The lowest BCUT2D eigenvalue weighted by molar-refractivity contribution is -0.143. The normalized spacial score (nSPS) is 20.5. The third-order valence-electron chi connectivity index (χ3n) is 6.56. The van der Waals surface area contributed by atoms with E-state index in [-0.39, 0.29) is 17.8 Å². The molecule has 6 nitrogen and oxygen atoms in total. The molecule has 1 saturated carbocycles. The summed E-state index contributed by atoms with van der Waals surface area (Å²) in [6.07, 6.45) is 8.55. The van der Waals surface area contributed by atoms with Gasteiger partial charge in [0.15, 0.2) is 0 Å². The molecule has 0 aliphatic heterocycles. The average Bonchev–Trinajstić information content (AvgIpc) is 3.24. The van der Waals surface area contributed by atoms with E-state index in [1.807, 2.05) is 12.1 Å². The molecule has 1 fully saturated rings. The van der Waals surface area contributed by atoms with E-state index in [1.165, 1.54) is 6.07 Å². The second-order valence-corrected chi connectivity index (χ2v) is 8.73. The fraction of sp³-hybridized carbons (Fsp3) is 0.400. The second-order valence-electron chi connectivity index (χ2n) is 8.73. The Morgan fingerprint density at radius 2 is 1.84 bits per heavy atom. The van der Waals surface area contributed by atoms with Gasteiger partial charge in [0, 0.05) is 23.5 Å². The molecular weight excluding hydrogens is 409 g/mol. The average molecular weight is 435 g/mol. The quantitative estimate of drug-likeness (QED) is 0.577. The number of carbonyl (C=O) groups is 1. The smallest absolute Gasteiger partial charge is 0.306 e. The summed E-state index contributed by atoms with van der Waals surface area (Å²) in [5.41, 5.74) is 4.21. The van der Waals surface area contributed by atoms with E-state index in [0.29, 0.717) is 43.0 Å². The number of pyridine rings is 1. The highest BCUT2D eigenvalue weighted by atomic mass is 19.1. The first-order chi connectivity index (χ1) is 15.6. The number of halogens is 1. The van der Waals surface area contributed by atoms with Crippen molar-refractivity contribution in [3.63, 3.8) is 0 Å². The molecule has 2 aromatic heterocycles. The number of H-pyrrole nitrogens is 1. The molecule has 2 aliphatic rings. The molecule has 7 heteroatoms. The standard InChI is InChI=1S/C25H26FN3O3/c26-20-13-16(7-11-19(20)24-28-21-3-1-2-4-22(21)29-24)17-8-12-23(27-14-17)32-18-9-5-15(6-10-18)25(30)31/h7-8,11-15,18H,1-6,9-10H2,(H,28,29)(H,30,31). The van der Waals surface area contributed by atoms with Gasteiger partial charge in [-0.15, -0.1) is 0 Å². The zero-order valence-corrected chi connectivity index (χ0v) is 17.8. The summed E-state index contributed by atoms with van der Waals surface area (Å²) in [6.45, 7) is 0. The number of fused-ring (bicyclic) bond motifs is 1. The molecular formula is C25H26FN3O3. The third kappa shape index (κ3) is 4.24. The molecule has 0 atom stereocenters. The Kier molecular flexibility index (Phi) is 5.64. The van der Waals surface area contributed by atoms with Crippen molar-refractivity contribution in [2.75, 3.05) is 0 Å². The van der Waals surface area contributed by atoms with E-state index in [2.05, 4.69) is 15.0 Å². The number of nitrogens with one attached hydrogen (secondary N) is 1. The van der Waals surface area contributed by atoms with Crippen LogP contribution in [0.5, 0.6) is 5.88 Å². The highest BCUT2D eigenvalue weighted by Crippen LogP contribution is 2.31. The SMILES string of the molecule is O=C(O)C1CCC(Oc2ccc(-c3ccc(-c4nc5c([nH]4)CCCC5)c(F)c3)cn2)CC1. The minimum Gasteiger partial charge on any atom is -0.481 e. The zero-order valence-electron chi connectivity index (χ0n) is 17.8. The zero-order chi connectivity index (χ0) is 22.1. The van der Waals surface area contributed by atoms with Crippen LogP contribution in [0, 0.1) is 11.7 Å². The predicted octanol–water partition coefficient (Wildman–Crippen LogP) is 5.18. The minimum absolute atomic E-state index is 0.0141. The van der Waals surface area contributed by atoms with Crippen LogP contribution in [0.15, 0.2) is 36.5 Å². The largest absolute Gasteiger partial charge is 0.481 e. The van der Waals surface area contributed by atoms with Gasteiger partial charge in [-0.05, 0) is 75.1 Å². The van der Waals surface area contributed by atoms with E-state index >= 15 is 0 Å². The van der Waals surface area contributed by atoms with Crippen molar-refractivity contribution in [3.05, 3.63) is 53.7 Å². The molecule has 2 heterocycles. The van der Waals surface area contributed by atoms with Crippen molar-refractivity contribution in [1.82, 2.24) is 15.0 Å². The van der Waals surface area contributed by atoms with Crippen molar-refractivity contribution in [2.24, 2.45) is 5.92 Å². The van der Waals surface area contributed by atoms with E-state index in [4.69, 9.17) is 9.84 Å². The summed E-state index contributed by atoms with van der Waals surface area (Å²) in [4.78, 5) is 23.4. The first kappa shape index (κ1) is 20.7. The van der Waals surface area contributed by atoms with Gasteiger partial charge in [-0.1, -0.05) is 6.07 Å². The van der Waals surface area contributed by atoms with E-state index < -0.39 is 5.97 Å². The van der Waals surface area contributed by atoms with Crippen LogP contribution in [-0.4, -0.2) is 32.1 Å². The predicted molar refractivity (Wildman–Crippen MR) is 118 cm³/mol. The Morgan fingerprint density at radius 1 is 1.06 bits per heavy atom. The maximum absolute atomic E-state index is 14.9. The van der Waals surface area contributed by atoms with Gasteiger partial charge in [-0.25, -0.2) is 14.4 Å². The van der Waals surface area contributed by atoms with Gasteiger partial charge in [-0.3, -0.25) is 4.79 Å². The lowest BCUT2D eigenvalue weighted by Gasteiger charge is -2.26. The van der Waals surface area contributed by atoms with Crippen molar-refractivity contribution >= 4 is 5.97 Å². The molecule has 0 unspecified atom stereocenters. The lowest BCUT2D eigenvalue weighted by Crippen LogP contribution is -2.28. The number of aliphatic carboxylic acids is 1. The van der Waals surface area contributed by atoms with Crippen LogP contribution in [-0.2, 0) is 17.6 Å². The van der Waals surface area contributed by atoms with E-state index in [1.54, 1.807) is 18.3 Å². The van der Waals surface area contributed by atoms with Gasteiger partial charge < -0.3 is 14.8 Å². The molecule has 0 saturated heterocycles. The van der Waals surface area contributed by atoms with Crippen molar-refractivity contribution in [2.45, 2.75) is 57.5 Å². The third-order valence-corrected chi connectivity index (χ3v) is 6.56. The van der Waals surface area contributed by atoms with Crippen LogP contribution >= 0.6 is 0 Å². The summed E-state index contributed by atoms with van der Waals surface area (Å²) in [7, 11) is 0. The number of carboxylic acid groups (broad SMARTS) is 1. The first-order valence-corrected chi connectivity index (χ1v) is 11.3. The first-order valence-electron chi connectivity index (χ1n) is 11.3. The highest BCUT2D eigenvalue weighted by molar-refractivity contribution is 5.70. The summed E-state index contributed by atoms with van der Waals surface area (Å²) >= 11 is 0. The Labute approximate surface area is 185 Å². The number of hydrogen-bond acceptors (Lipinski definition) is 4. The molecule has 5 rings (SSSR count). The van der Waals surface area contributed by atoms with Crippen LogP contribution < -0.4 is 4.74 Å². The molecule has 166 valence electrons. The Morgan fingerprint density at radius 3 is 2.53 bits per heavy atom.